The number of halogens is 1. The predicted molar refractivity (Wildman–Crippen MR) is 81.6 cm³/mol. The van der Waals surface area contributed by atoms with E-state index < -0.39 is 6.17 Å². The molecule has 0 amide bonds. The Morgan fingerprint density at radius 2 is 1.81 bits per heavy atom. The first-order chi connectivity index (χ1) is 9.97. The van der Waals surface area contributed by atoms with Crippen molar-refractivity contribution in [3.05, 3.63) is 0 Å². The molecule has 4 fully saturated rings. The van der Waals surface area contributed by atoms with Crippen molar-refractivity contribution in [3.8, 4) is 0 Å². The van der Waals surface area contributed by atoms with E-state index in [-0.39, 0.29) is 11.2 Å². The topological polar surface area (TPSA) is 17.1 Å². The van der Waals surface area contributed by atoms with Crippen LogP contribution >= 0.6 is 0 Å². The Morgan fingerprint density at radius 3 is 2.62 bits per heavy atom. The molecule has 0 spiro atoms. The van der Waals surface area contributed by atoms with Crippen LogP contribution in [-0.4, -0.2) is 12.0 Å². The molecule has 4 aliphatic rings. The van der Waals surface area contributed by atoms with Gasteiger partial charge in [-0.05, 0) is 74.0 Å². The molecule has 1 nitrogen and oxygen atoms in total. The summed E-state index contributed by atoms with van der Waals surface area (Å²) in [5, 5.41) is 0. The molecule has 0 saturated heterocycles. The van der Waals surface area contributed by atoms with Crippen LogP contribution < -0.4 is 0 Å². The smallest absolute Gasteiger partial charge is 0.173 e. The molecular weight excluding hydrogens is 263 g/mol. The van der Waals surface area contributed by atoms with E-state index in [2.05, 4.69) is 13.8 Å². The van der Waals surface area contributed by atoms with Crippen LogP contribution in [0.3, 0.4) is 0 Å². The highest BCUT2D eigenvalue weighted by Gasteiger charge is 2.62. The lowest BCUT2D eigenvalue weighted by Crippen LogP contribution is -2.52. The van der Waals surface area contributed by atoms with E-state index in [1.165, 1.54) is 44.9 Å². The first-order valence-electron chi connectivity index (χ1n) is 9.15. The van der Waals surface area contributed by atoms with Crippen molar-refractivity contribution in [1.29, 1.82) is 0 Å². The Bertz CT molecular complexity index is 460. The van der Waals surface area contributed by atoms with E-state index in [0.29, 0.717) is 23.7 Å². The third kappa shape index (κ3) is 1.77. The van der Waals surface area contributed by atoms with Gasteiger partial charge >= 0.3 is 0 Å². The summed E-state index contributed by atoms with van der Waals surface area (Å²) in [6.45, 7) is 4.60. The van der Waals surface area contributed by atoms with Crippen LogP contribution in [0, 0.1) is 34.5 Å². The molecule has 118 valence electrons. The van der Waals surface area contributed by atoms with Crippen LogP contribution in [0.25, 0.3) is 0 Å². The third-order valence-corrected chi connectivity index (χ3v) is 8.28. The van der Waals surface area contributed by atoms with Gasteiger partial charge < -0.3 is 0 Å². The van der Waals surface area contributed by atoms with Crippen LogP contribution in [0.5, 0.6) is 0 Å². The van der Waals surface area contributed by atoms with Crippen LogP contribution in [0.15, 0.2) is 0 Å². The first-order valence-corrected chi connectivity index (χ1v) is 9.15. The van der Waals surface area contributed by atoms with E-state index in [1.54, 1.807) is 0 Å². The predicted octanol–water partition coefficient (Wildman–Crippen LogP) is 4.94. The maximum Gasteiger partial charge on any atom is 0.173 e. The number of fused-ring (bicyclic) bond motifs is 5. The zero-order chi connectivity index (χ0) is 14.8. The molecule has 0 aromatic carbocycles. The lowest BCUT2D eigenvalue weighted by Gasteiger charge is -2.59. The van der Waals surface area contributed by atoms with E-state index in [0.717, 1.165) is 18.3 Å². The summed E-state index contributed by atoms with van der Waals surface area (Å²) in [7, 11) is 0. The van der Waals surface area contributed by atoms with Gasteiger partial charge in [-0.2, -0.15) is 0 Å². The number of carbonyl (C=O) groups is 1. The number of hydrogen-bond acceptors (Lipinski definition) is 1. The van der Waals surface area contributed by atoms with Crippen molar-refractivity contribution < 1.29 is 9.18 Å². The van der Waals surface area contributed by atoms with Crippen molar-refractivity contribution in [2.75, 3.05) is 0 Å². The highest BCUT2D eigenvalue weighted by atomic mass is 19.1. The maximum absolute atomic E-state index is 14.1. The normalized spacial score (nSPS) is 56.5. The van der Waals surface area contributed by atoms with Gasteiger partial charge in [0.05, 0.1) is 0 Å². The lowest BCUT2D eigenvalue weighted by atomic mass is 9.45. The van der Waals surface area contributed by atoms with E-state index in [4.69, 9.17) is 0 Å². The van der Waals surface area contributed by atoms with Crippen LogP contribution in [0.2, 0.25) is 0 Å². The summed E-state index contributed by atoms with van der Waals surface area (Å²) in [5.41, 5.74) is 0.151. The van der Waals surface area contributed by atoms with Crippen molar-refractivity contribution in [2.45, 2.75) is 77.8 Å². The van der Waals surface area contributed by atoms with Gasteiger partial charge in [0.15, 0.2) is 12.0 Å². The van der Waals surface area contributed by atoms with Gasteiger partial charge in [0.25, 0.3) is 0 Å². The Balaban J connectivity index is 1.67. The summed E-state index contributed by atoms with van der Waals surface area (Å²) in [6, 6.07) is 0. The highest BCUT2D eigenvalue weighted by Crippen LogP contribution is 2.65. The minimum absolute atomic E-state index is 0.0677. The van der Waals surface area contributed by atoms with Crippen LogP contribution in [0.4, 0.5) is 4.39 Å². The molecule has 0 aromatic rings. The molecule has 0 aliphatic heterocycles. The number of alkyl halides is 1. The minimum atomic E-state index is -1.17. The van der Waals surface area contributed by atoms with Gasteiger partial charge in [-0.1, -0.05) is 26.7 Å². The maximum atomic E-state index is 14.1. The summed E-state index contributed by atoms with van der Waals surface area (Å²) in [4.78, 5) is 12.3. The third-order valence-electron chi connectivity index (χ3n) is 8.28. The van der Waals surface area contributed by atoms with Gasteiger partial charge in [-0.3, -0.25) is 4.79 Å². The summed E-state index contributed by atoms with van der Waals surface area (Å²) < 4.78 is 14.1. The molecule has 0 radical (unpaired) electrons. The molecule has 0 N–H and O–H groups in total. The second kappa shape index (κ2) is 4.55. The minimum Gasteiger partial charge on any atom is -0.296 e. The molecule has 4 rings (SSSR count). The summed E-state index contributed by atoms with van der Waals surface area (Å²) in [6.07, 6.45) is 9.62. The Hall–Kier alpha value is -0.400. The monoisotopic (exact) mass is 292 g/mol. The summed E-state index contributed by atoms with van der Waals surface area (Å²) >= 11 is 0. The SMILES string of the molecule is C[C@]12CCCC[C@@H]1CC[C@@H]1[C@@H]2CC[C@]2(C)C(=O)[C@@H](F)C[C@@H]12. The largest absolute Gasteiger partial charge is 0.296 e. The fourth-order valence-electron chi connectivity index (χ4n) is 7.04. The fraction of sp³-hybridized carbons (Fsp3) is 0.947. The quantitative estimate of drug-likeness (QED) is 0.618. The molecule has 7 atom stereocenters. The average molecular weight is 292 g/mol. The Morgan fingerprint density at radius 1 is 1.00 bits per heavy atom. The number of ketones is 1. The van der Waals surface area contributed by atoms with E-state index in [9.17, 15) is 9.18 Å². The fourth-order valence-corrected chi connectivity index (χ4v) is 7.04. The van der Waals surface area contributed by atoms with Crippen molar-refractivity contribution in [2.24, 2.45) is 34.5 Å². The van der Waals surface area contributed by atoms with Gasteiger partial charge in [-0.15, -0.1) is 0 Å². The molecule has 2 heteroatoms. The first kappa shape index (κ1) is 14.2. The molecular formula is C19H29FO. The van der Waals surface area contributed by atoms with Crippen molar-refractivity contribution in [1.82, 2.24) is 0 Å². The molecule has 21 heavy (non-hydrogen) atoms. The Kier molecular flexibility index (Phi) is 3.08. The standard InChI is InChI=1S/C19H29FO/c1-18-9-4-3-5-12(18)6-7-13-14(18)8-10-19(2)15(13)11-16(20)17(19)21/h12-16H,3-11H2,1-2H3/t12-,13-,14+,15+,16+,18+,19+/m1/s1. The molecule has 0 heterocycles. The summed E-state index contributed by atoms with van der Waals surface area (Å²) in [5.74, 6) is 2.54. The van der Waals surface area contributed by atoms with Gasteiger partial charge in [0.1, 0.15) is 0 Å². The van der Waals surface area contributed by atoms with Crippen molar-refractivity contribution in [3.63, 3.8) is 0 Å². The van der Waals surface area contributed by atoms with Crippen LogP contribution in [-0.2, 0) is 4.79 Å². The second-order valence-corrected chi connectivity index (χ2v) is 8.93. The second-order valence-electron chi connectivity index (χ2n) is 8.93. The van der Waals surface area contributed by atoms with Crippen LogP contribution in [0.1, 0.15) is 71.6 Å². The van der Waals surface area contributed by atoms with Gasteiger partial charge in [-0.25, -0.2) is 4.39 Å². The zero-order valence-electron chi connectivity index (χ0n) is 13.5. The van der Waals surface area contributed by atoms with E-state index in [1.807, 2.05) is 0 Å². The average Bonchev–Trinajstić information content (AvgIpc) is 2.70. The molecule has 4 aliphatic carbocycles. The number of carbonyl (C=O) groups excluding carboxylic acids is 1. The Labute approximate surface area is 128 Å². The number of hydrogen-bond donors (Lipinski definition) is 0. The lowest BCUT2D eigenvalue weighted by molar-refractivity contribution is -0.140. The zero-order valence-corrected chi connectivity index (χ0v) is 13.5. The molecule has 4 saturated carbocycles. The number of rotatable bonds is 0. The molecule has 0 aromatic heterocycles. The van der Waals surface area contributed by atoms with Crippen molar-refractivity contribution >= 4 is 5.78 Å². The molecule has 0 unspecified atom stereocenters. The molecule has 0 bridgehead atoms. The van der Waals surface area contributed by atoms with Gasteiger partial charge in [0, 0.05) is 5.41 Å². The highest BCUT2D eigenvalue weighted by molar-refractivity contribution is 5.91. The van der Waals surface area contributed by atoms with E-state index >= 15 is 0 Å². The number of Topliss-reactive ketones (excluding diaryl/α,β-unsaturated/α-hetero) is 1. The van der Waals surface area contributed by atoms with Gasteiger partial charge in [0.2, 0.25) is 0 Å².